The molecule has 0 spiro atoms. The van der Waals surface area contributed by atoms with E-state index in [2.05, 4.69) is 4.74 Å². The van der Waals surface area contributed by atoms with Crippen LogP contribution in [0, 0.1) is 0 Å². The maximum Gasteiger partial charge on any atom is 0.341 e. The SMILES string of the molecule is COC(=O)/C=C1/SCC(=O)N1CCCOC(=O)c1ccccc1OC. The summed E-state index contributed by atoms with van der Waals surface area (Å²) in [6, 6.07) is 6.80. The number of esters is 2. The largest absolute Gasteiger partial charge is 0.496 e. The number of para-hydroxylation sites is 1. The molecule has 1 saturated heterocycles. The van der Waals surface area contributed by atoms with Gasteiger partial charge in [-0.05, 0) is 18.6 Å². The smallest absolute Gasteiger partial charge is 0.341 e. The maximum absolute atomic E-state index is 12.1. The first-order valence-corrected chi connectivity index (χ1v) is 8.58. The van der Waals surface area contributed by atoms with Crippen molar-refractivity contribution in [2.75, 3.05) is 33.1 Å². The molecule has 0 atom stereocenters. The molecule has 0 aromatic heterocycles. The highest BCUT2D eigenvalue weighted by molar-refractivity contribution is 8.04. The van der Waals surface area contributed by atoms with E-state index in [9.17, 15) is 14.4 Å². The Morgan fingerprint density at radius 2 is 2.04 bits per heavy atom. The maximum atomic E-state index is 12.1. The molecule has 1 aliphatic rings. The number of hydrogen-bond donors (Lipinski definition) is 0. The molecule has 8 heteroatoms. The van der Waals surface area contributed by atoms with Gasteiger partial charge in [-0.25, -0.2) is 9.59 Å². The second kappa shape index (κ2) is 9.12. The zero-order valence-corrected chi connectivity index (χ0v) is 14.8. The summed E-state index contributed by atoms with van der Waals surface area (Å²) in [7, 11) is 2.76. The third-order valence-electron chi connectivity index (χ3n) is 3.44. The molecular formula is C17H19NO6S. The van der Waals surface area contributed by atoms with E-state index in [1.165, 1.54) is 37.0 Å². The number of ether oxygens (including phenoxy) is 3. The van der Waals surface area contributed by atoms with E-state index < -0.39 is 11.9 Å². The van der Waals surface area contributed by atoms with Crippen molar-refractivity contribution in [2.45, 2.75) is 6.42 Å². The number of amides is 1. The zero-order valence-electron chi connectivity index (χ0n) is 14.0. The molecule has 1 fully saturated rings. The van der Waals surface area contributed by atoms with Crippen molar-refractivity contribution in [2.24, 2.45) is 0 Å². The average Bonchev–Trinajstić information content (AvgIpc) is 2.97. The van der Waals surface area contributed by atoms with E-state index in [0.717, 1.165) is 0 Å². The quantitative estimate of drug-likeness (QED) is 0.414. The predicted molar refractivity (Wildman–Crippen MR) is 92.2 cm³/mol. The molecule has 7 nitrogen and oxygen atoms in total. The number of benzene rings is 1. The van der Waals surface area contributed by atoms with Crippen molar-refractivity contribution in [3.8, 4) is 5.75 Å². The highest BCUT2D eigenvalue weighted by Crippen LogP contribution is 2.28. The first-order valence-electron chi connectivity index (χ1n) is 7.59. The van der Waals surface area contributed by atoms with Gasteiger partial charge < -0.3 is 19.1 Å². The Bertz CT molecular complexity index is 687. The summed E-state index contributed by atoms with van der Waals surface area (Å²) in [5.41, 5.74) is 0.351. The van der Waals surface area contributed by atoms with E-state index in [0.29, 0.717) is 29.3 Å². The molecule has 1 heterocycles. The molecule has 2 rings (SSSR count). The summed E-state index contributed by atoms with van der Waals surface area (Å²) in [6.45, 7) is 0.505. The Kier molecular flexibility index (Phi) is 6.88. The van der Waals surface area contributed by atoms with Crippen molar-refractivity contribution >= 4 is 29.6 Å². The van der Waals surface area contributed by atoms with Gasteiger partial charge in [0.25, 0.3) is 0 Å². The van der Waals surface area contributed by atoms with Crippen molar-refractivity contribution in [3.63, 3.8) is 0 Å². The minimum atomic E-state index is -0.509. The van der Waals surface area contributed by atoms with E-state index in [4.69, 9.17) is 9.47 Å². The Hall–Kier alpha value is -2.48. The van der Waals surface area contributed by atoms with E-state index in [-0.39, 0.29) is 18.3 Å². The van der Waals surface area contributed by atoms with Crippen LogP contribution in [0.3, 0.4) is 0 Å². The molecule has 0 saturated carbocycles. The Morgan fingerprint density at radius 1 is 1.28 bits per heavy atom. The van der Waals surface area contributed by atoms with Gasteiger partial charge in [-0.15, -0.1) is 0 Å². The topological polar surface area (TPSA) is 82.1 Å². The third kappa shape index (κ3) is 4.99. The highest BCUT2D eigenvalue weighted by atomic mass is 32.2. The van der Waals surface area contributed by atoms with Gasteiger partial charge in [0.2, 0.25) is 5.91 Å². The van der Waals surface area contributed by atoms with Crippen LogP contribution in [0.15, 0.2) is 35.4 Å². The second-order valence-electron chi connectivity index (χ2n) is 5.03. The fraction of sp³-hybridized carbons (Fsp3) is 0.353. The van der Waals surface area contributed by atoms with Gasteiger partial charge in [-0.1, -0.05) is 23.9 Å². The lowest BCUT2D eigenvalue weighted by Crippen LogP contribution is -2.27. The molecule has 134 valence electrons. The Labute approximate surface area is 149 Å². The van der Waals surface area contributed by atoms with Gasteiger partial charge >= 0.3 is 11.9 Å². The van der Waals surface area contributed by atoms with Crippen molar-refractivity contribution in [1.82, 2.24) is 4.90 Å². The Balaban J connectivity index is 1.85. The number of hydrogen-bond acceptors (Lipinski definition) is 7. The average molecular weight is 365 g/mol. The van der Waals surface area contributed by atoms with Crippen LogP contribution in [0.1, 0.15) is 16.8 Å². The van der Waals surface area contributed by atoms with E-state index in [1.54, 1.807) is 24.3 Å². The predicted octanol–water partition coefficient (Wildman–Crippen LogP) is 1.83. The highest BCUT2D eigenvalue weighted by Gasteiger charge is 2.27. The summed E-state index contributed by atoms with van der Waals surface area (Å²) < 4.78 is 14.9. The van der Waals surface area contributed by atoms with E-state index >= 15 is 0 Å². The molecule has 1 amide bonds. The number of nitrogens with zero attached hydrogens (tertiary/aromatic N) is 1. The molecule has 1 aromatic carbocycles. The third-order valence-corrected chi connectivity index (χ3v) is 4.46. The van der Waals surface area contributed by atoms with Crippen LogP contribution in [0.25, 0.3) is 0 Å². The van der Waals surface area contributed by atoms with Crippen LogP contribution in [0.4, 0.5) is 0 Å². The standard InChI is InChI=1S/C17H19NO6S/c1-22-13-7-4-3-6-12(13)17(21)24-9-5-8-18-14(19)11-25-15(18)10-16(20)23-2/h3-4,6-7,10H,5,8-9,11H2,1-2H3/b15-10+. The Morgan fingerprint density at radius 3 is 2.76 bits per heavy atom. The molecule has 0 unspecified atom stereocenters. The lowest BCUT2D eigenvalue weighted by atomic mass is 10.2. The summed E-state index contributed by atoms with van der Waals surface area (Å²) in [5.74, 6) is -0.350. The normalized spacial score (nSPS) is 15.4. The zero-order chi connectivity index (χ0) is 18.2. The fourth-order valence-corrected chi connectivity index (χ4v) is 3.16. The minimum absolute atomic E-state index is 0.0868. The molecule has 0 radical (unpaired) electrons. The molecule has 25 heavy (non-hydrogen) atoms. The number of carbonyl (C=O) groups is 3. The van der Waals surface area contributed by atoms with Crippen molar-refractivity contribution in [1.29, 1.82) is 0 Å². The molecular weight excluding hydrogens is 346 g/mol. The van der Waals surface area contributed by atoms with Crippen LogP contribution < -0.4 is 4.74 Å². The van der Waals surface area contributed by atoms with Crippen LogP contribution in [0.2, 0.25) is 0 Å². The number of methoxy groups -OCH3 is 2. The van der Waals surface area contributed by atoms with Crippen molar-refractivity contribution < 1.29 is 28.6 Å². The summed E-state index contributed by atoms with van der Waals surface area (Å²) >= 11 is 1.28. The molecule has 1 aromatic rings. The van der Waals surface area contributed by atoms with Crippen LogP contribution in [-0.2, 0) is 19.1 Å². The second-order valence-corrected chi connectivity index (χ2v) is 6.03. The minimum Gasteiger partial charge on any atom is -0.496 e. The van der Waals surface area contributed by atoms with Gasteiger partial charge in [0.15, 0.2) is 0 Å². The molecule has 1 aliphatic heterocycles. The molecule has 0 N–H and O–H groups in total. The number of thioether (sulfide) groups is 1. The lowest BCUT2D eigenvalue weighted by molar-refractivity contribution is -0.134. The summed E-state index contributed by atoms with van der Waals surface area (Å²) in [6.07, 6.45) is 1.74. The fourth-order valence-electron chi connectivity index (χ4n) is 2.21. The van der Waals surface area contributed by atoms with Crippen molar-refractivity contribution in [3.05, 3.63) is 40.9 Å². The number of carbonyl (C=O) groups excluding carboxylic acids is 3. The van der Waals surface area contributed by atoms with Gasteiger partial charge in [0.05, 0.1) is 37.7 Å². The van der Waals surface area contributed by atoms with Gasteiger partial charge in [0, 0.05) is 6.54 Å². The van der Waals surface area contributed by atoms with E-state index in [1.807, 2.05) is 0 Å². The van der Waals surface area contributed by atoms with Crippen LogP contribution >= 0.6 is 11.8 Å². The summed E-state index contributed by atoms with van der Waals surface area (Å²) in [4.78, 5) is 36.8. The first kappa shape index (κ1) is 18.9. The van der Waals surface area contributed by atoms with Gasteiger partial charge in [-0.2, -0.15) is 0 Å². The monoisotopic (exact) mass is 365 g/mol. The number of rotatable bonds is 7. The van der Waals surface area contributed by atoms with Crippen LogP contribution in [-0.4, -0.2) is 55.9 Å². The van der Waals surface area contributed by atoms with Crippen LogP contribution in [0.5, 0.6) is 5.75 Å². The summed E-state index contributed by atoms with van der Waals surface area (Å²) in [5, 5.41) is 0.549. The molecule has 0 bridgehead atoms. The molecule has 0 aliphatic carbocycles. The van der Waals surface area contributed by atoms with Gasteiger partial charge in [0.1, 0.15) is 11.3 Å². The first-order chi connectivity index (χ1) is 12.1. The van der Waals surface area contributed by atoms with Gasteiger partial charge in [-0.3, -0.25) is 4.79 Å². The lowest BCUT2D eigenvalue weighted by Gasteiger charge is -2.16.